The lowest BCUT2D eigenvalue weighted by Crippen LogP contribution is -2.28. The van der Waals surface area contributed by atoms with Gasteiger partial charge in [-0.2, -0.15) is 0 Å². The number of carboxylic acids is 1. The maximum Gasteiger partial charge on any atom is 0.329 e. The van der Waals surface area contributed by atoms with Crippen LogP contribution in [0.4, 0.5) is 22.7 Å². The van der Waals surface area contributed by atoms with Gasteiger partial charge >= 0.3 is 5.97 Å². The molecule has 1 fully saturated rings. The number of carbonyl (C=O) groups excluding carboxylic acids is 1. The Morgan fingerprint density at radius 2 is 1.52 bits per heavy atom. The molecule has 0 aliphatic carbocycles. The Bertz CT molecular complexity index is 1080. The van der Waals surface area contributed by atoms with Crippen molar-refractivity contribution in [1.82, 2.24) is 0 Å². The van der Waals surface area contributed by atoms with Crippen LogP contribution in [0.25, 0.3) is 0 Å². The van der Waals surface area contributed by atoms with E-state index in [4.69, 9.17) is 5.11 Å². The summed E-state index contributed by atoms with van der Waals surface area (Å²) in [5.41, 5.74) is 0.239. The normalized spacial score (nSPS) is 16.4. The van der Waals surface area contributed by atoms with Gasteiger partial charge in [0.1, 0.15) is 0 Å². The van der Waals surface area contributed by atoms with E-state index in [0.29, 0.717) is 5.69 Å². The number of hydrogen-bond donors (Lipinski definition) is 1. The van der Waals surface area contributed by atoms with Crippen molar-refractivity contribution in [3.63, 3.8) is 0 Å². The van der Waals surface area contributed by atoms with Crippen molar-refractivity contribution in [2.75, 3.05) is 4.90 Å². The highest BCUT2D eigenvalue weighted by Crippen LogP contribution is 2.36. The van der Waals surface area contributed by atoms with Crippen molar-refractivity contribution in [2.45, 2.75) is 0 Å². The van der Waals surface area contributed by atoms with Gasteiger partial charge in [0, 0.05) is 30.3 Å². The number of amidine groups is 1. The predicted molar refractivity (Wildman–Crippen MR) is 104 cm³/mol. The molecule has 3 rings (SSSR count). The number of amides is 1. The van der Waals surface area contributed by atoms with Crippen LogP contribution in [-0.4, -0.2) is 32.0 Å². The first kappa shape index (κ1) is 19.7. The first-order valence-corrected chi connectivity index (χ1v) is 8.62. The number of carboxylic acid groups (broad SMARTS) is 1. The molecule has 12 heteroatoms. The third kappa shape index (κ3) is 4.27. The maximum atomic E-state index is 12.7. The summed E-state index contributed by atoms with van der Waals surface area (Å²) in [6.45, 7) is 0. The summed E-state index contributed by atoms with van der Waals surface area (Å²) in [4.78, 5) is 49.4. The van der Waals surface area contributed by atoms with E-state index in [1.165, 1.54) is 48.5 Å². The molecule has 1 aliphatic heterocycles. The molecule has 1 aliphatic rings. The highest BCUT2D eigenvalue weighted by Gasteiger charge is 2.35. The number of carbonyl (C=O) groups is 2. The van der Waals surface area contributed by atoms with Gasteiger partial charge in [0.15, 0.2) is 5.17 Å². The van der Waals surface area contributed by atoms with Crippen molar-refractivity contribution in [3.8, 4) is 0 Å². The Kier molecular flexibility index (Phi) is 5.36. The molecule has 0 radical (unpaired) electrons. The fraction of sp³-hybridized carbons (Fsp3) is 0. The predicted octanol–water partition coefficient (Wildman–Crippen LogP) is 3.24. The molecule has 1 saturated heterocycles. The fourth-order valence-electron chi connectivity index (χ4n) is 2.37. The summed E-state index contributed by atoms with van der Waals surface area (Å²) >= 11 is 0.805. The van der Waals surface area contributed by atoms with E-state index in [9.17, 15) is 29.8 Å². The topological polar surface area (TPSA) is 156 Å². The summed E-state index contributed by atoms with van der Waals surface area (Å²) in [6, 6.07) is 10.3. The molecule has 0 saturated carbocycles. The molecule has 146 valence electrons. The summed E-state index contributed by atoms with van der Waals surface area (Å²) in [5.74, 6) is -1.98. The number of thioether (sulfide) groups is 1. The van der Waals surface area contributed by atoms with Crippen LogP contribution >= 0.6 is 11.8 Å². The largest absolute Gasteiger partial charge is 0.478 e. The van der Waals surface area contributed by atoms with E-state index in [-0.39, 0.29) is 27.1 Å². The van der Waals surface area contributed by atoms with Crippen molar-refractivity contribution < 1.29 is 24.5 Å². The number of nitro benzene ring substituents is 2. The Labute approximate surface area is 166 Å². The minimum Gasteiger partial charge on any atom is -0.478 e. The van der Waals surface area contributed by atoms with Gasteiger partial charge in [-0.3, -0.25) is 29.9 Å². The second kappa shape index (κ2) is 7.90. The second-order valence-electron chi connectivity index (χ2n) is 5.53. The lowest BCUT2D eigenvalue weighted by atomic mass is 10.2. The lowest BCUT2D eigenvalue weighted by molar-refractivity contribution is -0.385. The molecular formula is C17H10N4O7S. The highest BCUT2D eigenvalue weighted by molar-refractivity contribution is 8.19. The second-order valence-corrected chi connectivity index (χ2v) is 6.54. The first-order chi connectivity index (χ1) is 13.8. The van der Waals surface area contributed by atoms with Gasteiger partial charge in [-0.1, -0.05) is 0 Å². The first-order valence-electron chi connectivity index (χ1n) is 7.81. The number of aliphatic carboxylic acids is 1. The summed E-state index contributed by atoms with van der Waals surface area (Å²) in [6.07, 6.45) is 0.740. The summed E-state index contributed by atoms with van der Waals surface area (Å²) < 4.78 is 0. The fourth-order valence-corrected chi connectivity index (χ4v) is 3.34. The molecule has 11 nitrogen and oxygen atoms in total. The summed E-state index contributed by atoms with van der Waals surface area (Å²) in [5, 5.41) is 30.7. The zero-order valence-electron chi connectivity index (χ0n) is 14.3. The molecule has 0 aromatic heterocycles. The van der Waals surface area contributed by atoms with E-state index >= 15 is 0 Å². The number of hydrogen-bond acceptors (Lipinski definition) is 8. The molecule has 0 bridgehead atoms. The van der Waals surface area contributed by atoms with Crippen LogP contribution in [0.5, 0.6) is 0 Å². The van der Waals surface area contributed by atoms with Crippen LogP contribution in [0.15, 0.2) is 64.5 Å². The molecule has 0 atom stereocenters. The summed E-state index contributed by atoms with van der Waals surface area (Å²) in [7, 11) is 0. The van der Waals surface area contributed by atoms with Crippen molar-refractivity contribution in [3.05, 3.63) is 79.7 Å². The molecule has 2 aromatic rings. The number of nitro groups is 2. The minimum absolute atomic E-state index is 0.100. The zero-order chi connectivity index (χ0) is 21.1. The van der Waals surface area contributed by atoms with E-state index in [1.807, 2.05) is 0 Å². The average molecular weight is 414 g/mol. The number of aliphatic imine (C=N–C) groups is 1. The lowest BCUT2D eigenvalue weighted by Gasteiger charge is -2.15. The quantitative estimate of drug-likeness (QED) is 0.444. The van der Waals surface area contributed by atoms with Gasteiger partial charge in [-0.25, -0.2) is 9.79 Å². The Morgan fingerprint density at radius 1 is 1.00 bits per heavy atom. The molecule has 0 unspecified atom stereocenters. The maximum absolute atomic E-state index is 12.7. The van der Waals surface area contributed by atoms with Crippen molar-refractivity contribution in [2.24, 2.45) is 4.99 Å². The third-order valence-corrected chi connectivity index (χ3v) is 4.63. The Morgan fingerprint density at radius 3 is 2.00 bits per heavy atom. The van der Waals surface area contributed by atoms with Crippen LogP contribution in [0.3, 0.4) is 0 Å². The molecule has 0 spiro atoms. The number of rotatable bonds is 5. The molecule has 2 aromatic carbocycles. The SMILES string of the molecule is O=C(O)C=C1SC(=Nc2ccc([N+](=O)[O-])cc2)N(c2ccc([N+](=O)[O-])cc2)C1=O. The van der Waals surface area contributed by atoms with Crippen molar-refractivity contribution >= 4 is 51.6 Å². The van der Waals surface area contributed by atoms with Gasteiger partial charge in [0.2, 0.25) is 0 Å². The molecular weight excluding hydrogens is 404 g/mol. The van der Waals surface area contributed by atoms with Gasteiger partial charge in [-0.05, 0) is 36.0 Å². The molecule has 1 heterocycles. The minimum atomic E-state index is -1.32. The highest BCUT2D eigenvalue weighted by atomic mass is 32.2. The van der Waals surface area contributed by atoms with E-state index < -0.39 is 21.7 Å². The van der Waals surface area contributed by atoms with E-state index in [2.05, 4.69) is 4.99 Å². The Hall–Kier alpha value is -4.06. The third-order valence-electron chi connectivity index (χ3n) is 3.66. The number of non-ortho nitro benzene ring substituents is 2. The standard InChI is InChI=1S/C17H10N4O7S/c22-15(23)9-14-16(24)19(11-5-7-13(8-6-11)21(27)28)17(29-14)18-10-1-3-12(4-2-10)20(25)26/h1-9H,(H,22,23). The number of anilines is 1. The Balaban J connectivity index is 2.03. The van der Waals surface area contributed by atoms with Crippen LogP contribution in [-0.2, 0) is 9.59 Å². The van der Waals surface area contributed by atoms with Gasteiger partial charge in [-0.15, -0.1) is 0 Å². The van der Waals surface area contributed by atoms with Crippen LogP contribution in [0.1, 0.15) is 0 Å². The average Bonchev–Trinajstić information content (AvgIpc) is 2.96. The molecule has 29 heavy (non-hydrogen) atoms. The monoisotopic (exact) mass is 414 g/mol. The van der Waals surface area contributed by atoms with Gasteiger partial charge < -0.3 is 5.11 Å². The number of benzene rings is 2. The van der Waals surface area contributed by atoms with Crippen LogP contribution in [0.2, 0.25) is 0 Å². The van der Waals surface area contributed by atoms with Gasteiger partial charge in [0.25, 0.3) is 17.3 Å². The van der Waals surface area contributed by atoms with E-state index in [0.717, 1.165) is 22.7 Å². The van der Waals surface area contributed by atoms with E-state index in [1.54, 1.807) is 0 Å². The van der Waals surface area contributed by atoms with Crippen LogP contribution < -0.4 is 4.90 Å². The number of nitrogens with zero attached hydrogens (tertiary/aromatic N) is 4. The smallest absolute Gasteiger partial charge is 0.329 e. The van der Waals surface area contributed by atoms with Crippen LogP contribution in [0, 0.1) is 20.2 Å². The molecule has 1 amide bonds. The van der Waals surface area contributed by atoms with Gasteiger partial charge in [0.05, 0.1) is 26.1 Å². The zero-order valence-corrected chi connectivity index (χ0v) is 15.1. The molecule has 1 N–H and O–H groups in total. The van der Waals surface area contributed by atoms with Crippen molar-refractivity contribution in [1.29, 1.82) is 0 Å².